The number of nitrogens with zero attached hydrogens (tertiary/aromatic N) is 1. The Labute approximate surface area is 140 Å². The quantitative estimate of drug-likeness (QED) is 0.809. The standard InChI is InChI=1S/C18H21F2N3O/c1-3-23(4-2)14-10-8-13(9-11-14)21-12-17(24)22-18-15(19)6-5-7-16(18)20/h5-11,21H,3-4,12H2,1-2H3,(H,22,24). The van der Waals surface area contributed by atoms with Crippen molar-refractivity contribution >= 4 is 23.0 Å². The molecule has 2 aromatic carbocycles. The number of hydrogen-bond acceptors (Lipinski definition) is 3. The van der Waals surface area contributed by atoms with Crippen LogP contribution in [0.3, 0.4) is 0 Å². The van der Waals surface area contributed by atoms with E-state index in [1.54, 1.807) is 0 Å². The van der Waals surface area contributed by atoms with Gasteiger partial charge in [-0.3, -0.25) is 4.79 Å². The highest BCUT2D eigenvalue weighted by Gasteiger charge is 2.11. The molecule has 6 heteroatoms. The van der Waals surface area contributed by atoms with Crippen LogP contribution in [-0.4, -0.2) is 25.5 Å². The molecule has 0 aliphatic carbocycles. The van der Waals surface area contributed by atoms with Crippen LogP contribution < -0.4 is 15.5 Å². The molecule has 0 atom stereocenters. The number of rotatable bonds is 7. The molecule has 0 saturated heterocycles. The normalized spacial score (nSPS) is 10.3. The van der Waals surface area contributed by atoms with Crippen molar-refractivity contribution in [3.63, 3.8) is 0 Å². The topological polar surface area (TPSA) is 44.4 Å². The first kappa shape index (κ1) is 17.7. The monoisotopic (exact) mass is 333 g/mol. The van der Waals surface area contributed by atoms with Crippen molar-refractivity contribution in [2.75, 3.05) is 35.2 Å². The van der Waals surface area contributed by atoms with E-state index in [1.165, 1.54) is 6.07 Å². The molecule has 0 spiro atoms. The lowest BCUT2D eigenvalue weighted by molar-refractivity contribution is -0.114. The van der Waals surface area contributed by atoms with Gasteiger partial charge in [-0.2, -0.15) is 0 Å². The number of halogens is 2. The van der Waals surface area contributed by atoms with Gasteiger partial charge in [-0.25, -0.2) is 8.78 Å². The number of carbonyl (C=O) groups is 1. The number of anilines is 3. The van der Waals surface area contributed by atoms with Crippen LogP contribution in [0.1, 0.15) is 13.8 Å². The summed E-state index contributed by atoms with van der Waals surface area (Å²) in [5.41, 5.74) is 1.43. The number of benzene rings is 2. The third-order valence-corrected chi connectivity index (χ3v) is 3.68. The van der Waals surface area contributed by atoms with Gasteiger partial charge in [-0.1, -0.05) is 6.07 Å². The molecule has 0 heterocycles. The zero-order valence-electron chi connectivity index (χ0n) is 13.8. The van der Waals surface area contributed by atoms with Crippen LogP contribution in [0.2, 0.25) is 0 Å². The maximum atomic E-state index is 13.5. The summed E-state index contributed by atoms with van der Waals surface area (Å²) in [6, 6.07) is 11.1. The average Bonchev–Trinajstić information content (AvgIpc) is 2.59. The molecule has 2 rings (SSSR count). The van der Waals surface area contributed by atoms with Crippen LogP contribution >= 0.6 is 0 Å². The minimum absolute atomic E-state index is 0.0849. The van der Waals surface area contributed by atoms with E-state index in [9.17, 15) is 13.6 Å². The molecule has 2 aromatic rings. The maximum absolute atomic E-state index is 13.5. The van der Waals surface area contributed by atoms with Crippen molar-refractivity contribution in [3.05, 3.63) is 54.1 Å². The largest absolute Gasteiger partial charge is 0.376 e. The molecule has 0 fully saturated rings. The van der Waals surface area contributed by atoms with Crippen LogP contribution in [-0.2, 0) is 4.79 Å². The average molecular weight is 333 g/mol. The highest BCUT2D eigenvalue weighted by atomic mass is 19.1. The highest BCUT2D eigenvalue weighted by Crippen LogP contribution is 2.19. The number of amides is 1. The summed E-state index contributed by atoms with van der Waals surface area (Å²) in [6.45, 7) is 5.92. The molecule has 2 N–H and O–H groups in total. The second-order valence-corrected chi connectivity index (χ2v) is 5.22. The van der Waals surface area contributed by atoms with Crippen molar-refractivity contribution in [1.29, 1.82) is 0 Å². The minimum Gasteiger partial charge on any atom is -0.376 e. The third-order valence-electron chi connectivity index (χ3n) is 3.68. The lowest BCUT2D eigenvalue weighted by Gasteiger charge is -2.21. The van der Waals surface area contributed by atoms with Gasteiger partial charge in [0.25, 0.3) is 0 Å². The molecule has 0 saturated carbocycles. The number of para-hydroxylation sites is 1. The Morgan fingerprint density at radius 1 is 1.00 bits per heavy atom. The number of hydrogen-bond donors (Lipinski definition) is 2. The maximum Gasteiger partial charge on any atom is 0.243 e. The van der Waals surface area contributed by atoms with Crippen molar-refractivity contribution in [2.24, 2.45) is 0 Å². The zero-order valence-corrected chi connectivity index (χ0v) is 13.8. The SMILES string of the molecule is CCN(CC)c1ccc(NCC(=O)Nc2c(F)cccc2F)cc1. The smallest absolute Gasteiger partial charge is 0.243 e. The van der Waals surface area contributed by atoms with Gasteiger partial charge in [-0.15, -0.1) is 0 Å². The Bertz CT molecular complexity index is 665. The van der Waals surface area contributed by atoms with E-state index < -0.39 is 23.2 Å². The second-order valence-electron chi connectivity index (χ2n) is 5.22. The summed E-state index contributed by atoms with van der Waals surface area (Å²) in [7, 11) is 0. The summed E-state index contributed by atoms with van der Waals surface area (Å²) < 4.78 is 27.0. The zero-order chi connectivity index (χ0) is 17.5. The van der Waals surface area contributed by atoms with Crippen molar-refractivity contribution in [3.8, 4) is 0 Å². The van der Waals surface area contributed by atoms with E-state index in [4.69, 9.17) is 0 Å². The van der Waals surface area contributed by atoms with Crippen molar-refractivity contribution in [2.45, 2.75) is 13.8 Å². The van der Waals surface area contributed by atoms with E-state index in [1.807, 2.05) is 24.3 Å². The van der Waals surface area contributed by atoms with Gasteiger partial charge in [0.2, 0.25) is 5.91 Å². The van der Waals surface area contributed by atoms with E-state index in [2.05, 4.69) is 29.4 Å². The van der Waals surface area contributed by atoms with Crippen LogP contribution in [0.4, 0.5) is 25.8 Å². The molecule has 4 nitrogen and oxygen atoms in total. The molecule has 0 aromatic heterocycles. The molecule has 0 unspecified atom stereocenters. The summed E-state index contributed by atoms with van der Waals surface area (Å²) in [5, 5.41) is 5.17. The lowest BCUT2D eigenvalue weighted by Crippen LogP contribution is -2.23. The highest BCUT2D eigenvalue weighted by molar-refractivity contribution is 5.94. The number of nitrogens with one attached hydrogen (secondary N) is 2. The van der Waals surface area contributed by atoms with Gasteiger partial charge in [-0.05, 0) is 50.2 Å². The summed E-state index contributed by atoms with van der Waals surface area (Å²) >= 11 is 0. The second kappa shape index (κ2) is 8.29. The van der Waals surface area contributed by atoms with Crippen LogP contribution in [0.5, 0.6) is 0 Å². The van der Waals surface area contributed by atoms with E-state index in [0.717, 1.165) is 36.6 Å². The molecule has 0 aliphatic rings. The Morgan fingerprint density at radius 3 is 2.12 bits per heavy atom. The van der Waals surface area contributed by atoms with Gasteiger partial charge in [0.05, 0.1) is 6.54 Å². The minimum atomic E-state index is -0.799. The van der Waals surface area contributed by atoms with Gasteiger partial charge < -0.3 is 15.5 Å². The first-order chi connectivity index (χ1) is 11.5. The molecule has 128 valence electrons. The van der Waals surface area contributed by atoms with E-state index in [0.29, 0.717) is 0 Å². The van der Waals surface area contributed by atoms with Crippen LogP contribution in [0, 0.1) is 11.6 Å². The van der Waals surface area contributed by atoms with Crippen LogP contribution in [0.25, 0.3) is 0 Å². The fraction of sp³-hybridized carbons (Fsp3) is 0.278. The molecule has 0 radical (unpaired) electrons. The summed E-state index contributed by atoms with van der Waals surface area (Å²) in [4.78, 5) is 14.0. The Kier molecular flexibility index (Phi) is 6.12. The van der Waals surface area contributed by atoms with Gasteiger partial charge in [0, 0.05) is 24.5 Å². The van der Waals surface area contributed by atoms with Crippen molar-refractivity contribution < 1.29 is 13.6 Å². The summed E-state index contributed by atoms with van der Waals surface area (Å²) in [5.74, 6) is -2.12. The van der Waals surface area contributed by atoms with E-state index in [-0.39, 0.29) is 6.54 Å². The van der Waals surface area contributed by atoms with Crippen molar-refractivity contribution in [1.82, 2.24) is 0 Å². The molecule has 1 amide bonds. The first-order valence-corrected chi connectivity index (χ1v) is 7.87. The fourth-order valence-corrected chi connectivity index (χ4v) is 2.36. The molecular formula is C18H21F2N3O. The predicted octanol–water partition coefficient (Wildman–Crippen LogP) is 3.86. The molecule has 0 aliphatic heterocycles. The van der Waals surface area contributed by atoms with Crippen LogP contribution in [0.15, 0.2) is 42.5 Å². The first-order valence-electron chi connectivity index (χ1n) is 7.87. The summed E-state index contributed by atoms with van der Waals surface area (Å²) in [6.07, 6.45) is 0. The lowest BCUT2D eigenvalue weighted by atomic mass is 10.2. The predicted molar refractivity (Wildman–Crippen MR) is 93.5 cm³/mol. The Morgan fingerprint density at radius 2 is 1.58 bits per heavy atom. The fourth-order valence-electron chi connectivity index (χ4n) is 2.36. The molecule has 0 bridgehead atoms. The Balaban J connectivity index is 1.92. The third kappa shape index (κ3) is 4.44. The molecular weight excluding hydrogens is 312 g/mol. The van der Waals surface area contributed by atoms with Gasteiger partial charge >= 0.3 is 0 Å². The van der Waals surface area contributed by atoms with E-state index >= 15 is 0 Å². The van der Waals surface area contributed by atoms with Gasteiger partial charge in [0.15, 0.2) is 0 Å². The number of carbonyl (C=O) groups excluding carboxylic acids is 1. The Hall–Kier alpha value is -2.63. The molecule has 24 heavy (non-hydrogen) atoms. The van der Waals surface area contributed by atoms with Gasteiger partial charge in [0.1, 0.15) is 17.3 Å².